The van der Waals surface area contributed by atoms with Gasteiger partial charge in [-0.15, -0.1) is 0 Å². The van der Waals surface area contributed by atoms with Crippen LogP contribution in [0.3, 0.4) is 0 Å². The van der Waals surface area contributed by atoms with E-state index in [1.807, 2.05) is 0 Å². The maximum atomic E-state index is 13.9. The molecule has 0 heterocycles. The molecule has 1 fully saturated rings. The van der Waals surface area contributed by atoms with E-state index in [2.05, 4.69) is 4.74 Å². The van der Waals surface area contributed by atoms with Crippen molar-refractivity contribution in [2.24, 2.45) is 5.73 Å². The summed E-state index contributed by atoms with van der Waals surface area (Å²) in [4.78, 5) is 11.2. The van der Waals surface area contributed by atoms with Crippen molar-refractivity contribution < 1.29 is 13.9 Å². The predicted octanol–water partition coefficient (Wildman–Crippen LogP) is 1.56. The smallest absolute Gasteiger partial charge is 0.340 e. The van der Waals surface area contributed by atoms with Crippen LogP contribution in [0.4, 0.5) is 4.39 Å². The SMILES string of the molecule is COC(=O)c1cccc(C2(N)CC2)c1F. The molecule has 0 spiro atoms. The molecular weight excluding hydrogens is 197 g/mol. The van der Waals surface area contributed by atoms with Crippen molar-refractivity contribution >= 4 is 5.97 Å². The summed E-state index contributed by atoms with van der Waals surface area (Å²) in [7, 11) is 1.23. The standard InChI is InChI=1S/C11H12FNO2/c1-15-10(14)7-3-2-4-8(9(7)12)11(13)5-6-11/h2-4H,5-6,13H2,1H3. The van der Waals surface area contributed by atoms with Crippen LogP contribution in [0.2, 0.25) is 0 Å². The number of nitrogens with two attached hydrogens (primary N) is 1. The van der Waals surface area contributed by atoms with Crippen molar-refractivity contribution in [3.05, 3.63) is 35.1 Å². The summed E-state index contributed by atoms with van der Waals surface area (Å²) in [5.41, 5.74) is 5.67. The first-order valence-corrected chi connectivity index (χ1v) is 4.75. The number of halogens is 1. The van der Waals surface area contributed by atoms with E-state index in [-0.39, 0.29) is 5.56 Å². The highest BCUT2D eigenvalue weighted by Gasteiger charge is 2.42. The molecule has 80 valence electrons. The Kier molecular flexibility index (Phi) is 2.23. The second kappa shape index (κ2) is 3.31. The summed E-state index contributed by atoms with van der Waals surface area (Å²) < 4.78 is 18.4. The van der Waals surface area contributed by atoms with E-state index in [1.165, 1.54) is 13.2 Å². The lowest BCUT2D eigenvalue weighted by atomic mass is 10.0. The van der Waals surface area contributed by atoms with Gasteiger partial charge < -0.3 is 10.5 Å². The highest BCUT2D eigenvalue weighted by atomic mass is 19.1. The highest BCUT2D eigenvalue weighted by Crippen LogP contribution is 2.44. The van der Waals surface area contributed by atoms with E-state index in [0.29, 0.717) is 5.56 Å². The Morgan fingerprint density at radius 1 is 1.53 bits per heavy atom. The Morgan fingerprint density at radius 3 is 2.73 bits per heavy atom. The van der Waals surface area contributed by atoms with E-state index >= 15 is 0 Å². The first kappa shape index (κ1) is 10.1. The second-order valence-electron chi connectivity index (χ2n) is 3.81. The number of esters is 1. The molecule has 2 N–H and O–H groups in total. The zero-order valence-corrected chi connectivity index (χ0v) is 8.42. The van der Waals surface area contributed by atoms with Crippen molar-refractivity contribution in [1.29, 1.82) is 0 Å². The summed E-state index contributed by atoms with van der Waals surface area (Å²) in [6.45, 7) is 0. The average molecular weight is 209 g/mol. The zero-order valence-electron chi connectivity index (χ0n) is 8.42. The van der Waals surface area contributed by atoms with E-state index in [9.17, 15) is 9.18 Å². The van der Waals surface area contributed by atoms with E-state index in [1.54, 1.807) is 12.1 Å². The van der Waals surface area contributed by atoms with Gasteiger partial charge >= 0.3 is 5.97 Å². The third kappa shape index (κ3) is 1.61. The van der Waals surface area contributed by atoms with Crippen LogP contribution < -0.4 is 5.73 Å². The minimum absolute atomic E-state index is 0.0493. The Morgan fingerprint density at radius 2 is 2.20 bits per heavy atom. The van der Waals surface area contributed by atoms with Crippen LogP contribution in [0.5, 0.6) is 0 Å². The summed E-state index contributed by atoms with van der Waals surface area (Å²) in [6.07, 6.45) is 1.52. The lowest BCUT2D eigenvalue weighted by Crippen LogP contribution is -2.22. The summed E-state index contributed by atoms with van der Waals surface area (Å²) in [6, 6.07) is 4.64. The van der Waals surface area contributed by atoms with Crippen LogP contribution in [-0.4, -0.2) is 13.1 Å². The Hall–Kier alpha value is -1.42. The average Bonchev–Trinajstić information content (AvgIpc) is 2.97. The number of carbonyl (C=O) groups excluding carboxylic acids is 1. The van der Waals surface area contributed by atoms with E-state index in [0.717, 1.165) is 12.8 Å². The summed E-state index contributed by atoms with van der Waals surface area (Å²) in [5, 5.41) is 0. The van der Waals surface area contributed by atoms with Crippen LogP contribution in [0.15, 0.2) is 18.2 Å². The van der Waals surface area contributed by atoms with Crippen LogP contribution in [0, 0.1) is 5.82 Å². The zero-order chi connectivity index (χ0) is 11.1. The molecule has 2 rings (SSSR count). The summed E-state index contributed by atoms with van der Waals surface area (Å²) in [5.74, 6) is -1.22. The van der Waals surface area contributed by atoms with Crippen molar-refractivity contribution in [2.75, 3.05) is 7.11 Å². The van der Waals surface area contributed by atoms with Gasteiger partial charge in [0.25, 0.3) is 0 Å². The van der Waals surface area contributed by atoms with Gasteiger partial charge in [-0.05, 0) is 18.9 Å². The minimum atomic E-state index is -0.668. The van der Waals surface area contributed by atoms with Gasteiger partial charge in [0.2, 0.25) is 0 Å². The lowest BCUT2D eigenvalue weighted by molar-refractivity contribution is 0.0595. The molecule has 0 amide bonds. The number of hydrogen-bond donors (Lipinski definition) is 1. The predicted molar refractivity (Wildman–Crippen MR) is 52.8 cm³/mol. The Labute approximate surface area is 87.0 Å². The fraction of sp³-hybridized carbons (Fsp3) is 0.364. The monoisotopic (exact) mass is 209 g/mol. The van der Waals surface area contributed by atoms with Crippen molar-refractivity contribution in [3.8, 4) is 0 Å². The molecule has 0 aliphatic heterocycles. The second-order valence-corrected chi connectivity index (χ2v) is 3.81. The third-order valence-corrected chi connectivity index (χ3v) is 2.73. The molecule has 0 aromatic heterocycles. The number of carbonyl (C=O) groups is 1. The highest BCUT2D eigenvalue weighted by molar-refractivity contribution is 5.89. The molecule has 0 radical (unpaired) electrons. The first-order valence-electron chi connectivity index (χ1n) is 4.75. The first-order chi connectivity index (χ1) is 7.08. The third-order valence-electron chi connectivity index (χ3n) is 2.73. The van der Waals surface area contributed by atoms with Gasteiger partial charge in [0.05, 0.1) is 12.7 Å². The Bertz CT molecular complexity index is 413. The largest absolute Gasteiger partial charge is 0.465 e. The quantitative estimate of drug-likeness (QED) is 0.752. The van der Waals surface area contributed by atoms with E-state index < -0.39 is 17.3 Å². The molecule has 1 aliphatic carbocycles. The molecule has 0 unspecified atom stereocenters. The van der Waals surface area contributed by atoms with Gasteiger partial charge in [-0.1, -0.05) is 12.1 Å². The molecule has 15 heavy (non-hydrogen) atoms. The molecule has 4 heteroatoms. The molecule has 1 aromatic carbocycles. The fourth-order valence-corrected chi connectivity index (χ4v) is 1.59. The van der Waals surface area contributed by atoms with Crippen molar-refractivity contribution in [2.45, 2.75) is 18.4 Å². The molecule has 1 aromatic rings. The molecule has 0 saturated heterocycles. The van der Waals surface area contributed by atoms with Crippen molar-refractivity contribution in [3.63, 3.8) is 0 Å². The maximum Gasteiger partial charge on any atom is 0.340 e. The van der Waals surface area contributed by atoms with E-state index in [4.69, 9.17) is 5.73 Å². The van der Waals surface area contributed by atoms with Crippen LogP contribution >= 0.6 is 0 Å². The maximum absolute atomic E-state index is 13.9. The molecule has 3 nitrogen and oxygen atoms in total. The normalized spacial score (nSPS) is 17.3. The molecular formula is C11H12FNO2. The molecule has 0 bridgehead atoms. The lowest BCUT2D eigenvalue weighted by Gasteiger charge is -2.12. The van der Waals surface area contributed by atoms with Gasteiger partial charge in [0, 0.05) is 11.1 Å². The van der Waals surface area contributed by atoms with Gasteiger partial charge in [0.1, 0.15) is 5.82 Å². The van der Waals surface area contributed by atoms with Gasteiger partial charge in [-0.3, -0.25) is 0 Å². The topological polar surface area (TPSA) is 52.3 Å². The number of hydrogen-bond acceptors (Lipinski definition) is 3. The fourth-order valence-electron chi connectivity index (χ4n) is 1.59. The number of ether oxygens (including phenoxy) is 1. The number of benzene rings is 1. The van der Waals surface area contributed by atoms with Crippen LogP contribution in [0.1, 0.15) is 28.8 Å². The number of rotatable bonds is 2. The minimum Gasteiger partial charge on any atom is -0.465 e. The van der Waals surface area contributed by atoms with Gasteiger partial charge in [-0.25, -0.2) is 9.18 Å². The van der Waals surface area contributed by atoms with Crippen LogP contribution in [-0.2, 0) is 10.3 Å². The molecule has 1 aliphatic rings. The van der Waals surface area contributed by atoms with Gasteiger partial charge in [0.15, 0.2) is 0 Å². The molecule has 0 atom stereocenters. The number of methoxy groups -OCH3 is 1. The Balaban J connectivity index is 2.46. The molecule has 1 saturated carbocycles. The van der Waals surface area contributed by atoms with Crippen molar-refractivity contribution in [1.82, 2.24) is 0 Å². The van der Waals surface area contributed by atoms with Gasteiger partial charge in [-0.2, -0.15) is 0 Å². The van der Waals surface area contributed by atoms with Crippen LogP contribution in [0.25, 0.3) is 0 Å². The summed E-state index contributed by atoms with van der Waals surface area (Å²) >= 11 is 0.